The van der Waals surface area contributed by atoms with Crippen molar-refractivity contribution >= 4 is 0 Å². The second kappa shape index (κ2) is 8.68. The van der Waals surface area contributed by atoms with Gasteiger partial charge in [-0.1, -0.05) is 44.5 Å². The summed E-state index contributed by atoms with van der Waals surface area (Å²) in [7, 11) is 4.39. The molecule has 0 N–H and O–H groups in total. The lowest BCUT2D eigenvalue weighted by molar-refractivity contribution is 0.170. The third-order valence-electron chi connectivity index (χ3n) is 6.28. The van der Waals surface area contributed by atoms with E-state index in [9.17, 15) is 0 Å². The van der Waals surface area contributed by atoms with E-state index in [1.54, 1.807) is 0 Å². The maximum absolute atomic E-state index is 2.74. The topological polar surface area (TPSA) is 6.48 Å². The van der Waals surface area contributed by atoms with Crippen LogP contribution in [-0.4, -0.2) is 43.5 Å². The minimum absolute atomic E-state index is 0.731. The first kappa shape index (κ1) is 18.9. The molecule has 2 nitrogen and oxygen atoms in total. The van der Waals surface area contributed by atoms with Crippen molar-refractivity contribution in [1.29, 1.82) is 0 Å². The molecular weight excluding hydrogens is 304 g/mol. The molecule has 2 bridgehead atoms. The van der Waals surface area contributed by atoms with Gasteiger partial charge in [0.1, 0.15) is 0 Å². The van der Waals surface area contributed by atoms with Gasteiger partial charge in [-0.3, -0.25) is 4.90 Å². The Kier molecular flexibility index (Phi) is 6.57. The lowest BCUT2D eigenvalue weighted by Crippen LogP contribution is -2.36. The number of likely N-dealkylation sites (N-methyl/N-ethyl adjacent to an activating group) is 1. The van der Waals surface area contributed by atoms with Gasteiger partial charge in [0.25, 0.3) is 0 Å². The van der Waals surface area contributed by atoms with Gasteiger partial charge in [-0.25, -0.2) is 0 Å². The van der Waals surface area contributed by atoms with Crippen LogP contribution in [0.15, 0.2) is 24.3 Å². The zero-order valence-corrected chi connectivity index (χ0v) is 16.9. The molecule has 0 saturated heterocycles. The molecular formula is C23H38N2. The van der Waals surface area contributed by atoms with Crippen LogP contribution in [0.25, 0.3) is 0 Å². The second-order valence-corrected chi connectivity index (χ2v) is 9.39. The smallest absolute Gasteiger partial charge is 0.0234 e. The van der Waals surface area contributed by atoms with Crippen molar-refractivity contribution < 1.29 is 0 Å². The van der Waals surface area contributed by atoms with Crippen LogP contribution < -0.4 is 0 Å². The maximum Gasteiger partial charge on any atom is 0.0234 e. The molecule has 3 atom stereocenters. The first-order chi connectivity index (χ1) is 12.0. The number of rotatable bonds is 9. The largest absolute Gasteiger partial charge is 0.308 e. The standard InChI is InChI=1S/C23H38N2/c1-18(2)12-19-6-5-7-21(13-19)16-25(11-10-24(3)4)17-23-15-20-8-9-22(23)14-20/h5-7,13,18,20,22-23H,8-12,14-17H2,1-4H3. The molecule has 0 aromatic heterocycles. The van der Waals surface area contributed by atoms with Crippen LogP contribution in [0.1, 0.15) is 50.7 Å². The van der Waals surface area contributed by atoms with Gasteiger partial charge < -0.3 is 4.90 Å². The number of hydrogen-bond donors (Lipinski definition) is 0. The summed E-state index contributed by atoms with van der Waals surface area (Å²) in [6.45, 7) is 9.40. The average Bonchev–Trinajstić information content (AvgIpc) is 3.15. The van der Waals surface area contributed by atoms with E-state index < -0.39 is 0 Å². The summed E-state index contributed by atoms with van der Waals surface area (Å²) in [6.07, 6.45) is 7.22. The molecule has 140 valence electrons. The predicted octanol–water partition coefficient (Wildman–Crippen LogP) is 4.68. The van der Waals surface area contributed by atoms with Gasteiger partial charge in [-0.05, 0) is 74.6 Å². The summed E-state index contributed by atoms with van der Waals surface area (Å²) in [5.41, 5.74) is 3.00. The predicted molar refractivity (Wildman–Crippen MR) is 108 cm³/mol. The molecule has 3 unspecified atom stereocenters. The molecule has 0 heterocycles. The Bertz CT molecular complexity index is 537. The summed E-state index contributed by atoms with van der Waals surface area (Å²) < 4.78 is 0. The summed E-state index contributed by atoms with van der Waals surface area (Å²) in [4.78, 5) is 5.06. The van der Waals surface area contributed by atoms with E-state index in [0.717, 1.165) is 36.8 Å². The summed E-state index contributed by atoms with van der Waals surface area (Å²) in [6, 6.07) is 9.33. The molecule has 2 saturated carbocycles. The van der Waals surface area contributed by atoms with Crippen molar-refractivity contribution in [2.45, 2.75) is 52.5 Å². The molecule has 2 heteroatoms. The summed E-state index contributed by atoms with van der Waals surface area (Å²) >= 11 is 0. The van der Waals surface area contributed by atoms with E-state index in [-0.39, 0.29) is 0 Å². The molecule has 25 heavy (non-hydrogen) atoms. The highest BCUT2D eigenvalue weighted by Crippen LogP contribution is 2.48. The highest BCUT2D eigenvalue weighted by molar-refractivity contribution is 5.23. The van der Waals surface area contributed by atoms with Crippen molar-refractivity contribution in [3.05, 3.63) is 35.4 Å². The lowest BCUT2D eigenvalue weighted by Gasteiger charge is -2.31. The van der Waals surface area contributed by atoms with Crippen LogP contribution >= 0.6 is 0 Å². The normalized spacial score (nSPS) is 25.6. The van der Waals surface area contributed by atoms with E-state index >= 15 is 0 Å². The molecule has 3 rings (SSSR count). The molecule has 1 aromatic carbocycles. The minimum Gasteiger partial charge on any atom is -0.308 e. The second-order valence-electron chi connectivity index (χ2n) is 9.39. The molecule has 0 spiro atoms. The van der Waals surface area contributed by atoms with Gasteiger partial charge >= 0.3 is 0 Å². The fourth-order valence-electron chi connectivity index (χ4n) is 5.09. The van der Waals surface area contributed by atoms with Crippen molar-refractivity contribution in [2.75, 3.05) is 33.7 Å². The fourth-order valence-corrected chi connectivity index (χ4v) is 5.09. The van der Waals surface area contributed by atoms with Gasteiger partial charge in [-0.2, -0.15) is 0 Å². The van der Waals surface area contributed by atoms with E-state index in [1.807, 2.05) is 0 Å². The van der Waals surface area contributed by atoms with Crippen LogP contribution in [0.4, 0.5) is 0 Å². The van der Waals surface area contributed by atoms with Crippen molar-refractivity contribution in [2.24, 2.45) is 23.7 Å². The van der Waals surface area contributed by atoms with Crippen molar-refractivity contribution in [3.8, 4) is 0 Å². The van der Waals surface area contributed by atoms with Crippen LogP contribution in [0.5, 0.6) is 0 Å². The van der Waals surface area contributed by atoms with E-state index in [0.29, 0.717) is 0 Å². The van der Waals surface area contributed by atoms with E-state index in [2.05, 4.69) is 62.0 Å². The Morgan fingerprint density at radius 2 is 1.84 bits per heavy atom. The van der Waals surface area contributed by atoms with Gasteiger partial charge in [0.05, 0.1) is 0 Å². The molecule has 2 fully saturated rings. The maximum atomic E-state index is 2.74. The molecule has 0 radical (unpaired) electrons. The van der Waals surface area contributed by atoms with E-state index in [1.165, 1.54) is 56.3 Å². The molecule has 0 amide bonds. The van der Waals surface area contributed by atoms with Crippen LogP contribution in [0.3, 0.4) is 0 Å². The first-order valence-corrected chi connectivity index (χ1v) is 10.4. The Labute approximate surface area is 155 Å². The van der Waals surface area contributed by atoms with Crippen LogP contribution in [0.2, 0.25) is 0 Å². The fraction of sp³-hybridized carbons (Fsp3) is 0.739. The molecule has 2 aliphatic rings. The van der Waals surface area contributed by atoms with Gasteiger partial charge in [0, 0.05) is 26.2 Å². The van der Waals surface area contributed by atoms with Gasteiger partial charge in [0.2, 0.25) is 0 Å². The van der Waals surface area contributed by atoms with E-state index in [4.69, 9.17) is 0 Å². The van der Waals surface area contributed by atoms with Gasteiger partial charge in [-0.15, -0.1) is 0 Å². The third-order valence-corrected chi connectivity index (χ3v) is 6.28. The Morgan fingerprint density at radius 1 is 1.04 bits per heavy atom. The van der Waals surface area contributed by atoms with Crippen LogP contribution in [0, 0.1) is 23.7 Å². The Hall–Kier alpha value is -0.860. The van der Waals surface area contributed by atoms with Gasteiger partial charge in [0.15, 0.2) is 0 Å². The molecule has 1 aromatic rings. The first-order valence-electron chi connectivity index (χ1n) is 10.4. The number of hydrogen-bond acceptors (Lipinski definition) is 2. The molecule has 0 aliphatic heterocycles. The summed E-state index contributed by atoms with van der Waals surface area (Å²) in [5, 5.41) is 0. The number of fused-ring (bicyclic) bond motifs is 2. The highest BCUT2D eigenvalue weighted by atomic mass is 15.2. The SMILES string of the molecule is CC(C)Cc1cccc(CN(CCN(C)C)CC2CC3CCC2C3)c1. The van der Waals surface area contributed by atoms with Crippen molar-refractivity contribution in [3.63, 3.8) is 0 Å². The average molecular weight is 343 g/mol. The minimum atomic E-state index is 0.731. The monoisotopic (exact) mass is 342 g/mol. The molecule has 2 aliphatic carbocycles. The third kappa shape index (κ3) is 5.56. The number of nitrogens with zero attached hydrogens (tertiary/aromatic N) is 2. The summed E-state index contributed by atoms with van der Waals surface area (Å²) in [5.74, 6) is 3.77. The quantitative estimate of drug-likeness (QED) is 0.642. The zero-order valence-electron chi connectivity index (χ0n) is 16.9. The Morgan fingerprint density at radius 3 is 2.48 bits per heavy atom. The zero-order chi connectivity index (χ0) is 17.8. The number of benzene rings is 1. The highest BCUT2D eigenvalue weighted by Gasteiger charge is 2.39. The lowest BCUT2D eigenvalue weighted by atomic mass is 9.88. The van der Waals surface area contributed by atoms with Crippen molar-refractivity contribution in [1.82, 2.24) is 9.80 Å². The Balaban J connectivity index is 1.62. The van der Waals surface area contributed by atoms with Crippen LogP contribution in [-0.2, 0) is 13.0 Å².